The van der Waals surface area contributed by atoms with E-state index in [4.69, 9.17) is 0 Å². The van der Waals surface area contributed by atoms with E-state index in [0.717, 1.165) is 37.1 Å². The first kappa shape index (κ1) is 21.8. The number of nitrogens with zero attached hydrogens (tertiary/aromatic N) is 3. The number of amides is 1. The number of benzene rings is 2. The Balaban J connectivity index is 1.64. The van der Waals surface area contributed by atoms with Crippen LogP contribution in [0.5, 0.6) is 0 Å². The van der Waals surface area contributed by atoms with Crippen LogP contribution in [0.15, 0.2) is 66.9 Å². The van der Waals surface area contributed by atoms with Crippen LogP contribution in [-0.4, -0.2) is 26.8 Å². The fourth-order valence-electron chi connectivity index (χ4n) is 4.49. The number of aromatic nitrogens is 1. The molecule has 1 aromatic heterocycles. The number of hydrogen-bond donors (Lipinski definition) is 0. The van der Waals surface area contributed by atoms with Gasteiger partial charge < -0.3 is 9.47 Å². The van der Waals surface area contributed by atoms with E-state index in [2.05, 4.69) is 23.6 Å². The summed E-state index contributed by atoms with van der Waals surface area (Å²) in [7, 11) is 0. The summed E-state index contributed by atoms with van der Waals surface area (Å²) in [5, 5.41) is 11.1. The molecule has 0 fully saturated rings. The summed E-state index contributed by atoms with van der Waals surface area (Å²) in [5.41, 5.74) is 3.89. The highest BCUT2D eigenvalue weighted by molar-refractivity contribution is 5.94. The van der Waals surface area contributed by atoms with Gasteiger partial charge in [-0.3, -0.25) is 14.9 Å². The van der Waals surface area contributed by atoms with Crippen molar-refractivity contribution >= 4 is 11.6 Å². The number of unbranched alkanes of at least 4 members (excludes halogenated alkanes) is 2. The first-order chi connectivity index (χ1) is 15.6. The highest BCUT2D eigenvalue weighted by Gasteiger charge is 2.31. The molecule has 1 amide bonds. The van der Waals surface area contributed by atoms with Crippen LogP contribution < -0.4 is 0 Å². The lowest BCUT2D eigenvalue weighted by atomic mass is 9.99. The van der Waals surface area contributed by atoms with Gasteiger partial charge in [-0.25, -0.2) is 0 Å². The summed E-state index contributed by atoms with van der Waals surface area (Å²) >= 11 is 0. The van der Waals surface area contributed by atoms with Gasteiger partial charge in [-0.1, -0.05) is 31.9 Å². The molecule has 0 spiro atoms. The van der Waals surface area contributed by atoms with E-state index in [0.29, 0.717) is 12.1 Å². The van der Waals surface area contributed by atoms with Gasteiger partial charge in [0.15, 0.2) is 0 Å². The summed E-state index contributed by atoms with van der Waals surface area (Å²) < 4.78 is 2.18. The van der Waals surface area contributed by atoms with E-state index in [9.17, 15) is 14.9 Å². The molecule has 3 aromatic rings. The quantitative estimate of drug-likeness (QED) is 0.271. The molecule has 0 bridgehead atoms. The maximum absolute atomic E-state index is 13.6. The fraction of sp³-hybridized carbons (Fsp3) is 0.346. The average Bonchev–Trinajstić information content (AvgIpc) is 3.19. The van der Waals surface area contributed by atoms with Crippen molar-refractivity contribution in [3.8, 4) is 0 Å². The van der Waals surface area contributed by atoms with Crippen molar-refractivity contribution in [1.29, 1.82) is 0 Å². The van der Waals surface area contributed by atoms with Gasteiger partial charge in [0, 0.05) is 42.7 Å². The second kappa shape index (κ2) is 9.81. The highest BCUT2D eigenvalue weighted by atomic mass is 16.6. The van der Waals surface area contributed by atoms with Crippen LogP contribution in [0.4, 0.5) is 5.69 Å². The van der Waals surface area contributed by atoms with Crippen molar-refractivity contribution in [2.45, 2.75) is 51.6 Å². The minimum atomic E-state index is -0.398. The molecule has 166 valence electrons. The molecule has 2 aromatic carbocycles. The van der Waals surface area contributed by atoms with Crippen LogP contribution in [0.2, 0.25) is 0 Å². The molecule has 2 heterocycles. The Labute approximate surface area is 188 Å². The number of carbonyl (C=O) groups excluding carboxylic acids is 1. The van der Waals surface area contributed by atoms with Gasteiger partial charge in [0.25, 0.3) is 11.6 Å². The lowest BCUT2D eigenvalue weighted by Gasteiger charge is -2.31. The van der Waals surface area contributed by atoms with Crippen LogP contribution in [0.3, 0.4) is 0 Å². The van der Waals surface area contributed by atoms with Crippen molar-refractivity contribution in [2.24, 2.45) is 0 Å². The summed E-state index contributed by atoms with van der Waals surface area (Å²) in [6.45, 7) is 3.66. The molecule has 1 atom stereocenters. The molecular formula is C26H29N3O3. The van der Waals surface area contributed by atoms with Gasteiger partial charge in [-0.05, 0) is 66.8 Å². The van der Waals surface area contributed by atoms with Crippen LogP contribution in [0, 0.1) is 10.1 Å². The molecule has 0 N–H and O–H groups in total. The number of non-ortho nitro benzene ring substituents is 1. The Hall–Kier alpha value is -3.41. The molecule has 1 aliphatic heterocycles. The van der Waals surface area contributed by atoms with Crippen LogP contribution in [0.25, 0.3) is 0 Å². The van der Waals surface area contributed by atoms with Gasteiger partial charge in [0.05, 0.1) is 11.0 Å². The largest absolute Gasteiger partial charge is 0.349 e. The zero-order chi connectivity index (χ0) is 22.5. The summed E-state index contributed by atoms with van der Waals surface area (Å²) in [6, 6.07) is 18.3. The van der Waals surface area contributed by atoms with Crippen molar-refractivity contribution in [3.63, 3.8) is 0 Å². The van der Waals surface area contributed by atoms with Gasteiger partial charge in [-0.15, -0.1) is 0 Å². The monoisotopic (exact) mass is 431 g/mol. The third-order valence-electron chi connectivity index (χ3n) is 6.20. The predicted octanol–water partition coefficient (Wildman–Crippen LogP) is 5.76. The number of rotatable bonds is 7. The Morgan fingerprint density at radius 1 is 1.03 bits per heavy atom. The second-order valence-electron chi connectivity index (χ2n) is 8.38. The number of carbonyl (C=O) groups is 1. The maximum Gasteiger partial charge on any atom is 0.269 e. The number of fused-ring (bicyclic) bond motifs is 1. The number of hydrogen-bond acceptors (Lipinski definition) is 3. The standard InChI is InChI=1S/C26H29N3O3/c1-2-3-4-7-20-9-11-22(12-10-20)26(30)28-19-6-18-27-17-5-8-24(27)25(28)21-13-15-23(16-14-21)29(31)32/h5,8-17,25H,2-4,6-7,18-19H2,1H3. The first-order valence-electron chi connectivity index (χ1n) is 11.4. The van der Waals surface area contributed by atoms with Crippen LogP contribution >= 0.6 is 0 Å². The van der Waals surface area contributed by atoms with Crippen LogP contribution in [0.1, 0.15) is 65.8 Å². The average molecular weight is 432 g/mol. The molecule has 6 nitrogen and oxygen atoms in total. The lowest BCUT2D eigenvalue weighted by Crippen LogP contribution is -2.35. The SMILES string of the molecule is CCCCCc1ccc(C(=O)N2CCCn3cccc3C2c2ccc([N+](=O)[O-])cc2)cc1. The fourth-order valence-corrected chi connectivity index (χ4v) is 4.49. The van der Waals surface area contributed by atoms with E-state index in [1.807, 2.05) is 35.4 Å². The van der Waals surface area contributed by atoms with Gasteiger partial charge in [-0.2, -0.15) is 0 Å². The molecule has 0 saturated carbocycles. The summed E-state index contributed by atoms with van der Waals surface area (Å²) in [6.07, 6.45) is 7.49. The van der Waals surface area contributed by atoms with Gasteiger partial charge >= 0.3 is 0 Å². The normalized spacial score (nSPS) is 15.8. The molecule has 0 aliphatic carbocycles. The van der Waals surface area contributed by atoms with Gasteiger partial charge in [0.2, 0.25) is 0 Å². The smallest absolute Gasteiger partial charge is 0.269 e. The topological polar surface area (TPSA) is 68.4 Å². The van der Waals surface area contributed by atoms with E-state index < -0.39 is 4.92 Å². The lowest BCUT2D eigenvalue weighted by molar-refractivity contribution is -0.384. The van der Waals surface area contributed by atoms with E-state index in [1.54, 1.807) is 12.1 Å². The Morgan fingerprint density at radius 3 is 2.47 bits per heavy atom. The van der Waals surface area contributed by atoms with Crippen molar-refractivity contribution in [1.82, 2.24) is 9.47 Å². The Kier molecular flexibility index (Phi) is 6.69. The maximum atomic E-state index is 13.6. The molecule has 0 radical (unpaired) electrons. The Bertz CT molecular complexity index is 1070. The van der Waals surface area contributed by atoms with Crippen molar-refractivity contribution in [2.75, 3.05) is 6.54 Å². The zero-order valence-electron chi connectivity index (χ0n) is 18.4. The minimum Gasteiger partial charge on any atom is -0.349 e. The first-order valence-corrected chi connectivity index (χ1v) is 11.4. The summed E-state index contributed by atoms with van der Waals surface area (Å²) in [4.78, 5) is 26.2. The molecule has 32 heavy (non-hydrogen) atoms. The number of nitro benzene ring substituents is 1. The zero-order valence-corrected chi connectivity index (χ0v) is 18.4. The highest BCUT2D eigenvalue weighted by Crippen LogP contribution is 2.34. The van der Waals surface area contributed by atoms with Crippen LogP contribution in [-0.2, 0) is 13.0 Å². The van der Waals surface area contributed by atoms with E-state index in [1.165, 1.54) is 30.5 Å². The molecule has 6 heteroatoms. The number of nitro groups is 1. The predicted molar refractivity (Wildman–Crippen MR) is 125 cm³/mol. The third kappa shape index (κ3) is 4.59. The molecule has 4 rings (SSSR count). The third-order valence-corrected chi connectivity index (χ3v) is 6.20. The van der Waals surface area contributed by atoms with Gasteiger partial charge in [0.1, 0.15) is 0 Å². The van der Waals surface area contributed by atoms with E-state index >= 15 is 0 Å². The second-order valence-corrected chi connectivity index (χ2v) is 8.38. The van der Waals surface area contributed by atoms with Crippen molar-refractivity contribution < 1.29 is 9.72 Å². The summed E-state index contributed by atoms with van der Waals surface area (Å²) in [5.74, 6) is -0.0110. The molecule has 1 aliphatic rings. The molecule has 1 unspecified atom stereocenters. The Morgan fingerprint density at radius 2 is 1.78 bits per heavy atom. The molecular weight excluding hydrogens is 402 g/mol. The molecule has 0 saturated heterocycles. The minimum absolute atomic E-state index is 0.0110. The van der Waals surface area contributed by atoms with Crippen molar-refractivity contribution in [3.05, 3.63) is 99.4 Å². The van der Waals surface area contributed by atoms with E-state index in [-0.39, 0.29) is 17.6 Å². The number of aryl methyl sites for hydroxylation is 2.